The molecule has 0 bridgehead atoms. The van der Waals surface area contributed by atoms with Crippen LogP contribution in [0.4, 0.5) is 0 Å². The largest absolute Gasteiger partial charge is 0.340 e. The van der Waals surface area contributed by atoms with Crippen molar-refractivity contribution in [3.8, 4) is 0 Å². The Labute approximate surface area is 118 Å². The first-order valence-corrected chi connectivity index (χ1v) is 8.22. The van der Waals surface area contributed by atoms with Gasteiger partial charge in [-0.15, -0.1) is 0 Å². The molecule has 0 aromatic heterocycles. The van der Waals surface area contributed by atoms with E-state index < -0.39 is 0 Å². The first-order chi connectivity index (χ1) is 9.20. The lowest BCUT2D eigenvalue weighted by Crippen LogP contribution is -2.45. The molecule has 110 valence electrons. The van der Waals surface area contributed by atoms with Crippen molar-refractivity contribution in [1.82, 2.24) is 9.80 Å². The number of piperidine rings is 2. The molecule has 0 aromatic rings. The van der Waals surface area contributed by atoms with E-state index in [0.717, 1.165) is 31.8 Å². The molecular formula is C16H30N2O. The second-order valence-electron chi connectivity index (χ2n) is 6.44. The Balaban J connectivity index is 1.76. The Morgan fingerprint density at radius 2 is 2.00 bits per heavy atom. The lowest BCUT2D eigenvalue weighted by Gasteiger charge is -2.36. The Kier molecular flexibility index (Phi) is 5.68. The molecule has 19 heavy (non-hydrogen) atoms. The van der Waals surface area contributed by atoms with Crippen molar-refractivity contribution in [3.05, 3.63) is 0 Å². The summed E-state index contributed by atoms with van der Waals surface area (Å²) < 4.78 is 0. The van der Waals surface area contributed by atoms with Gasteiger partial charge in [0.2, 0.25) is 5.91 Å². The van der Waals surface area contributed by atoms with E-state index in [0.29, 0.717) is 11.9 Å². The maximum absolute atomic E-state index is 12.4. The molecular weight excluding hydrogens is 236 g/mol. The highest BCUT2D eigenvalue weighted by molar-refractivity contribution is 5.76. The van der Waals surface area contributed by atoms with Crippen molar-refractivity contribution in [2.45, 2.75) is 64.8 Å². The second-order valence-corrected chi connectivity index (χ2v) is 6.44. The first kappa shape index (κ1) is 14.8. The van der Waals surface area contributed by atoms with E-state index in [2.05, 4.69) is 23.6 Å². The molecule has 0 N–H and O–H groups in total. The Morgan fingerprint density at radius 3 is 2.74 bits per heavy atom. The summed E-state index contributed by atoms with van der Waals surface area (Å²) in [4.78, 5) is 17.0. The molecule has 2 heterocycles. The van der Waals surface area contributed by atoms with Crippen LogP contribution in [0.3, 0.4) is 0 Å². The summed E-state index contributed by atoms with van der Waals surface area (Å²) in [7, 11) is 0. The van der Waals surface area contributed by atoms with Gasteiger partial charge in [0.15, 0.2) is 0 Å². The summed E-state index contributed by atoms with van der Waals surface area (Å²) >= 11 is 0. The Bertz CT molecular complexity index is 292. The SMILES string of the molecule is CCC1CCCCN1C(=O)CCN1CCCC(C)C1. The molecule has 0 saturated carbocycles. The van der Waals surface area contributed by atoms with Gasteiger partial charge in [-0.25, -0.2) is 0 Å². The van der Waals surface area contributed by atoms with Gasteiger partial charge >= 0.3 is 0 Å². The molecule has 0 aromatic carbocycles. The fourth-order valence-corrected chi connectivity index (χ4v) is 3.64. The van der Waals surface area contributed by atoms with Crippen LogP contribution < -0.4 is 0 Å². The van der Waals surface area contributed by atoms with Gasteiger partial charge in [0.25, 0.3) is 0 Å². The van der Waals surface area contributed by atoms with Crippen molar-refractivity contribution in [2.75, 3.05) is 26.2 Å². The molecule has 2 aliphatic rings. The van der Waals surface area contributed by atoms with Crippen LogP contribution >= 0.6 is 0 Å². The number of carbonyl (C=O) groups excluding carboxylic acids is 1. The molecule has 0 spiro atoms. The monoisotopic (exact) mass is 266 g/mol. The van der Waals surface area contributed by atoms with E-state index in [-0.39, 0.29) is 0 Å². The molecule has 3 nitrogen and oxygen atoms in total. The van der Waals surface area contributed by atoms with Crippen LogP contribution in [0.15, 0.2) is 0 Å². The normalized spacial score (nSPS) is 29.5. The van der Waals surface area contributed by atoms with Gasteiger partial charge in [0.1, 0.15) is 0 Å². The number of nitrogens with zero attached hydrogens (tertiary/aromatic N) is 2. The minimum absolute atomic E-state index is 0.393. The zero-order valence-electron chi connectivity index (χ0n) is 12.7. The third-order valence-corrected chi connectivity index (χ3v) is 4.80. The van der Waals surface area contributed by atoms with Crippen LogP contribution in [0, 0.1) is 5.92 Å². The maximum atomic E-state index is 12.4. The van der Waals surface area contributed by atoms with Gasteiger partial charge in [-0.2, -0.15) is 0 Å². The highest BCUT2D eigenvalue weighted by Crippen LogP contribution is 2.21. The van der Waals surface area contributed by atoms with Gasteiger partial charge in [-0.1, -0.05) is 13.8 Å². The van der Waals surface area contributed by atoms with E-state index in [1.54, 1.807) is 0 Å². The van der Waals surface area contributed by atoms with Crippen molar-refractivity contribution in [1.29, 1.82) is 0 Å². The number of rotatable bonds is 4. The molecule has 3 heteroatoms. The van der Waals surface area contributed by atoms with Crippen LogP contribution in [-0.2, 0) is 4.79 Å². The number of amides is 1. The topological polar surface area (TPSA) is 23.6 Å². The van der Waals surface area contributed by atoms with Crippen LogP contribution in [0.2, 0.25) is 0 Å². The van der Waals surface area contributed by atoms with E-state index in [9.17, 15) is 4.79 Å². The molecule has 2 saturated heterocycles. The molecule has 0 radical (unpaired) electrons. The zero-order valence-corrected chi connectivity index (χ0v) is 12.7. The molecule has 2 rings (SSSR count). The third kappa shape index (κ3) is 4.20. The Morgan fingerprint density at radius 1 is 1.16 bits per heavy atom. The molecule has 2 atom stereocenters. The van der Waals surface area contributed by atoms with Gasteiger partial charge in [-0.05, 0) is 51.0 Å². The highest BCUT2D eigenvalue weighted by Gasteiger charge is 2.25. The van der Waals surface area contributed by atoms with Crippen molar-refractivity contribution >= 4 is 5.91 Å². The van der Waals surface area contributed by atoms with E-state index >= 15 is 0 Å². The van der Waals surface area contributed by atoms with E-state index in [1.807, 2.05) is 0 Å². The molecule has 2 aliphatic heterocycles. The molecule has 0 aliphatic carbocycles. The quantitative estimate of drug-likeness (QED) is 0.781. The fourth-order valence-electron chi connectivity index (χ4n) is 3.64. The summed E-state index contributed by atoms with van der Waals surface area (Å²) in [5.74, 6) is 1.20. The van der Waals surface area contributed by atoms with Gasteiger partial charge in [0.05, 0.1) is 0 Å². The average Bonchev–Trinajstić information content (AvgIpc) is 2.45. The predicted molar refractivity (Wildman–Crippen MR) is 79.1 cm³/mol. The van der Waals surface area contributed by atoms with Crippen LogP contribution in [-0.4, -0.2) is 47.9 Å². The van der Waals surface area contributed by atoms with Crippen LogP contribution in [0.25, 0.3) is 0 Å². The molecule has 1 amide bonds. The summed E-state index contributed by atoms with van der Waals surface area (Å²) in [6.45, 7) is 8.87. The van der Waals surface area contributed by atoms with Crippen molar-refractivity contribution < 1.29 is 4.79 Å². The van der Waals surface area contributed by atoms with Gasteiger partial charge < -0.3 is 9.80 Å². The lowest BCUT2D eigenvalue weighted by molar-refractivity contribution is -0.135. The standard InChI is InChI=1S/C16H30N2O/c1-3-15-8-4-5-11-18(15)16(19)9-12-17-10-6-7-14(2)13-17/h14-15H,3-13H2,1-2H3. The third-order valence-electron chi connectivity index (χ3n) is 4.80. The van der Waals surface area contributed by atoms with Gasteiger partial charge in [-0.3, -0.25) is 4.79 Å². The Hall–Kier alpha value is -0.570. The fraction of sp³-hybridized carbons (Fsp3) is 0.938. The molecule has 2 unspecified atom stereocenters. The summed E-state index contributed by atoms with van der Waals surface area (Å²) in [6.07, 6.45) is 8.21. The van der Waals surface area contributed by atoms with E-state index in [4.69, 9.17) is 0 Å². The minimum atomic E-state index is 0.393. The predicted octanol–water partition coefficient (Wildman–Crippen LogP) is 2.90. The molecule has 2 fully saturated rings. The van der Waals surface area contributed by atoms with Crippen LogP contribution in [0.1, 0.15) is 58.8 Å². The first-order valence-electron chi connectivity index (χ1n) is 8.22. The smallest absolute Gasteiger partial charge is 0.224 e. The maximum Gasteiger partial charge on any atom is 0.224 e. The number of hydrogen-bond donors (Lipinski definition) is 0. The summed E-state index contributed by atoms with van der Waals surface area (Å²) in [5.41, 5.74) is 0. The zero-order chi connectivity index (χ0) is 13.7. The second kappa shape index (κ2) is 7.28. The highest BCUT2D eigenvalue weighted by atomic mass is 16.2. The summed E-state index contributed by atoms with van der Waals surface area (Å²) in [6, 6.07) is 0.515. The number of likely N-dealkylation sites (tertiary alicyclic amines) is 2. The number of carbonyl (C=O) groups is 1. The van der Waals surface area contributed by atoms with Crippen molar-refractivity contribution in [2.24, 2.45) is 5.92 Å². The summed E-state index contributed by atoms with van der Waals surface area (Å²) in [5, 5.41) is 0. The minimum Gasteiger partial charge on any atom is -0.340 e. The number of hydrogen-bond acceptors (Lipinski definition) is 2. The van der Waals surface area contributed by atoms with Gasteiger partial charge in [0, 0.05) is 32.1 Å². The lowest BCUT2D eigenvalue weighted by atomic mass is 9.99. The van der Waals surface area contributed by atoms with Crippen molar-refractivity contribution in [3.63, 3.8) is 0 Å². The average molecular weight is 266 g/mol. The van der Waals surface area contributed by atoms with E-state index in [1.165, 1.54) is 45.2 Å². The van der Waals surface area contributed by atoms with Crippen LogP contribution in [0.5, 0.6) is 0 Å².